The van der Waals surface area contributed by atoms with Crippen LogP contribution in [0.2, 0.25) is 0 Å². The Morgan fingerprint density at radius 3 is 2.47 bits per heavy atom. The summed E-state index contributed by atoms with van der Waals surface area (Å²) < 4.78 is 5.25. The largest absolute Gasteiger partial charge is 0.478 e. The van der Waals surface area contributed by atoms with E-state index in [1.807, 2.05) is 43.3 Å². The van der Waals surface area contributed by atoms with Gasteiger partial charge in [0.05, 0.1) is 6.61 Å². The Bertz CT molecular complexity index is 453. The molecule has 0 aliphatic rings. The van der Waals surface area contributed by atoms with Gasteiger partial charge in [0.25, 0.3) is 0 Å². The smallest absolute Gasteiger partial charge is 0.213 e. The minimum absolute atomic E-state index is 0.580. The first-order valence-corrected chi connectivity index (χ1v) is 5.63. The molecule has 0 aliphatic heterocycles. The van der Waals surface area contributed by atoms with E-state index in [0.29, 0.717) is 12.5 Å². The van der Waals surface area contributed by atoms with E-state index in [0.717, 1.165) is 11.1 Å². The van der Waals surface area contributed by atoms with Gasteiger partial charge in [-0.1, -0.05) is 30.3 Å². The molecule has 0 aliphatic carbocycles. The average molecular weight is 229 g/mol. The highest BCUT2D eigenvalue weighted by Crippen LogP contribution is 2.21. The van der Waals surface area contributed by atoms with E-state index in [9.17, 15) is 5.11 Å². The Morgan fingerprint density at radius 1 is 1.12 bits per heavy atom. The molecule has 17 heavy (non-hydrogen) atoms. The maximum Gasteiger partial charge on any atom is 0.213 e. The quantitative estimate of drug-likeness (QED) is 0.876. The normalized spacial score (nSPS) is 12.1. The van der Waals surface area contributed by atoms with Crippen LogP contribution in [0.1, 0.15) is 24.2 Å². The highest BCUT2D eigenvalue weighted by molar-refractivity contribution is 5.29. The van der Waals surface area contributed by atoms with Crippen molar-refractivity contribution in [1.29, 1.82) is 0 Å². The summed E-state index contributed by atoms with van der Waals surface area (Å²) in [5.41, 5.74) is 1.62. The Kier molecular flexibility index (Phi) is 3.73. The van der Waals surface area contributed by atoms with Crippen LogP contribution in [-0.2, 0) is 0 Å². The summed E-state index contributed by atoms with van der Waals surface area (Å²) in [4.78, 5) is 4.13. The lowest BCUT2D eigenvalue weighted by atomic mass is 10.0. The number of ether oxygens (including phenoxy) is 1. The molecule has 1 aromatic carbocycles. The van der Waals surface area contributed by atoms with E-state index >= 15 is 0 Å². The van der Waals surface area contributed by atoms with E-state index < -0.39 is 6.10 Å². The Balaban J connectivity index is 2.17. The molecule has 0 saturated heterocycles. The minimum Gasteiger partial charge on any atom is -0.478 e. The first-order valence-electron chi connectivity index (χ1n) is 5.63. The fourth-order valence-electron chi connectivity index (χ4n) is 1.61. The zero-order valence-corrected chi connectivity index (χ0v) is 9.71. The summed E-state index contributed by atoms with van der Waals surface area (Å²) in [7, 11) is 0. The van der Waals surface area contributed by atoms with Gasteiger partial charge in [0.15, 0.2) is 0 Å². The van der Waals surface area contributed by atoms with Crippen LogP contribution in [0, 0.1) is 0 Å². The number of benzene rings is 1. The molecule has 1 heterocycles. The minimum atomic E-state index is -0.639. The van der Waals surface area contributed by atoms with Gasteiger partial charge in [0.1, 0.15) is 6.10 Å². The van der Waals surface area contributed by atoms with Gasteiger partial charge < -0.3 is 9.84 Å². The molecule has 3 nitrogen and oxygen atoms in total. The second-order valence-corrected chi connectivity index (χ2v) is 3.68. The van der Waals surface area contributed by atoms with Gasteiger partial charge in [-0.05, 0) is 18.6 Å². The van der Waals surface area contributed by atoms with Crippen LogP contribution < -0.4 is 4.74 Å². The molecule has 3 heteroatoms. The van der Waals surface area contributed by atoms with Crippen molar-refractivity contribution < 1.29 is 9.84 Å². The standard InChI is InChI=1S/C14H15NO2/c1-2-17-13-9-8-12(10-15-13)14(16)11-6-4-3-5-7-11/h3-10,14,16H,2H2,1H3. The highest BCUT2D eigenvalue weighted by Gasteiger charge is 2.10. The van der Waals surface area contributed by atoms with Crippen LogP contribution in [0.25, 0.3) is 0 Å². The SMILES string of the molecule is CCOc1ccc(C(O)c2ccccc2)cn1. The molecular weight excluding hydrogens is 214 g/mol. The fourth-order valence-corrected chi connectivity index (χ4v) is 1.61. The lowest BCUT2D eigenvalue weighted by Crippen LogP contribution is -2.01. The third-order valence-corrected chi connectivity index (χ3v) is 2.48. The van der Waals surface area contributed by atoms with Gasteiger partial charge >= 0.3 is 0 Å². The molecule has 88 valence electrons. The summed E-state index contributed by atoms with van der Waals surface area (Å²) in [5.74, 6) is 0.580. The number of nitrogens with zero attached hydrogens (tertiary/aromatic N) is 1. The molecule has 0 spiro atoms. The van der Waals surface area contributed by atoms with Crippen molar-refractivity contribution in [1.82, 2.24) is 4.98 Å². The molecule has 2 rings (SSSR count). The molecule has 0 radical (unpaired) electrons. The summed E-state index contributed by atoms with van der Waals surface area (Å²) >= 11 is 0. The van der Waals surface area contributed by atoms with E-state index in [1.165, 1.54) is 0 Å². The third kappa shape index (κ3) is 2.82. The predicted octanol–water partition coefficient (Wildman–Crippen LogP) is 2.56. The lowest BCUT2D eigenvalue weighted by Gasteiger charge is -2.11. The zero-order chi connectivity index (χ0) is 12.1. The summed E-state index contributed by atoms with van der Waals surface area (Å²) in [6.45, 7) is 2.50. The van der Waals surface area contributed by atoms with E-state index in [-0.39, 0.29) is 0 Å². The van der Waals surface area contributed by atoms with E-state index in [2.05, 4.69) is 4.98 Å². The van der Waals surface area contributed by atoms with Gasteiger partial charge in [-0.15, -0.1) is 0 Å². The van der Waals surface area contributed by atoms with Crippen LogP contribution in [0.3, 0.4) is 0 Å². The van der Waals surface area contributed by atoms with Crippen molar-refractivity contribution in [3.63, 3.8) is 0 Å². The number of rotatable bonds is 4. The molecular formula is C14H15NO2. The van der Waals surface area contributed by atoms with Crippen LogP contribution in [0.15, 0.2) is 48.7 Å². The van der Waals surface area contributed by atoms with Crippen LogP contribution in [0.4, 0.5) is 0 Å². The second kappa shape index (κ2) is 5.46. The van der Waals surface area contributed by atoms with Gasteiger partial charge in [0, 0.05) is 17.8 Å². The Labute approximate surface area is 101 Å². The summed E-state index contributed by atoms with van der Waals surface area (Å²) in [6, 6.07) is 13.1. The Morgan fingerprint density at radius 2 is 1.88 bits per heavy atom. The molecule has 0 bridgehead atoms. The van der Waals surface area contributed by atoms with Crippen molar-refractivity contribution >= 4 is 0 Å². The van der Waals surface area contributed by atoms with Crippen LogP contribution >= 0.6 is 0 Å². The first kappa shape index (κ1) is 11.6. The van der Waals surface area contributed by atoms with Crippen LogP contribution in [-0.4, -0.2) is 16.7 Å². The molecule has 0 saturated carbocycles. The number of hydrogen-bond acceptors (Lipinski definition) is 3. The fraction of sp³-hybridized carbons (Fsp3) is 0.214. The molecule has 0 fully saturated rings. The molecule has 1 aromatic heterocycles. The van der Waals surface area contributed by atoms with E-state index in [1.54, 1.807) is 12.3 Å². The Hall–Kier alpha value is -1.87. The predicted molar refractivity (Wildman–Crippen MR) is 65.9 cm³/mol. The molecule has 1 N–H and O–H groups in total. The first-order chi connectivity index (χ1) is 8.31. The molecule has 0 amide bonds. The van der Waals surface area contributed by atoms with Crippen molar-refractivity contribution in [2.24, 2.45) is 0 Å². The number of aliphatic hydroxyl groups excluding tert-OH is 1. The lowest BCUT2D eigenvalue weighted by molar-refractivity contribution is 0.219. The number of aliphatic hydroxyl groups is 1. The molecule has 2 aromatic rings. The van der Waals surface area contributed by atoms with E-state index in [4.69, 9.17) is 4.74 Å². The van der Waals surface area contributed by atoms with Gasteiger partial charge in [0.2, 0.25) is 5.88 Å². The summed E-state index contributed by atoms with van der Waals surface area (Å²) in [6.07, 6.45) is 1.00. The van der Waals surface area contributed by atoms with Crippen molar-refractivity contribution in [2.75, 3.05) is 6.61 Å². The molecule has 1 atom stereocenters. The zero-order valence-electron chi connectivity index (χ0n) is 9.71. The number of pyridine rings is 1. The average Bonchev–Trinajstić information content (AvgIpc) is 2.40. The van der Waals surface area contributed by atoms with Crippen LogP contribution in [0.5, 0.6) is 5.88 Å². The third-order valence-electron chi connectivity index (χ3n) is 2.48. The maximum absolute atomic E-state index is 10.1. The second-order valence-electron chi connectivity index (χ2n) is 3.68. The monoisotopic (exact) mass is 229 g/mol. The van der Waals surface area contributed by atoms with Crippen molar-refractivity contribution in [3.8, 4) is 5.88 Å². The number of hydrogen-bond donors (Lipinski definition) is 1. The molecule has 1 unspecified atom stereocenters. The van der Waals surface area contributed by atoms with Gasteiger partial charge in [-0.2, -0.15) is 0 Å². The topological polar surface area (TPSA) is 42.4 Å². The number of aromatic nitrogens is 1. The van der Waals surface area contributed by atoms with Gasteiger partial charge in [-0.25, -0.2) is 4.98 Å². The summed E-state index contributed by atoms with van der Waals surface area (Å²) in [5, 5.41) is 10.1. The van der Waals surface area contributed by atoms with Gasteiger partial charge in [-0.3, -0.25) is 0 Å². The maximum atomic E-state index is 10.1. The van der Waals surface area contributed by atoms with Crippen molar-refractivity contribution in [2.45, 2.75) is 13.0 Å². The highest BCUT2D eigenvalue weighted by atomic mass is 16.5. The van der Waals surface area contributed by atoms with Crippen molar-refractivity contribution in [3.05, 3.63) is 59.8 Å².